The highest BCUT2D eigenvalue weighted by molar-refractivity contribution is 8.07. The zero-order valence-corrected chi connectivity index (χ0v) is 6.51. The summed E-state index contributed by atoms with van der Waals surface area (Å²) >= 11 is 1.72. The lowest BCUT2D eigenvalue weighted by molar-refractivity contribution is 1.60. The van der Waals surface area contributed by atoms with Crippen LogP contribution in [0.2, 0.25) is 0 Å². The second kappa shape index (κ2) is 3.84. The van der Waals surface area contributed by atoms with Gasteiger partial charge in [0.1, 0.15) is 7.85 Å². The molecule has 0 aliphatic rings. The van der Waals surface area contributed by atoms with E-state index >= 15 is 0 Å². The van der Waals surface area contributed by atoms with E-state index in [-0.39, 0.29) is 0 Å². The summed E-state index contributed by atoms with van der Waals surface area (Å²) in [7, 11) is 2.01. The first-order chi connectivity index (χ1) is 3.66. The van der Waals surface area contributed by atoms with E-state index in [9.17, 15) is 0 Å². The Morgan fingerprint density at radius 3 is 2.38 bits per heavy atom. The smallest absolute Gasteiger partial charge is 0.111 e. The summed E-state index contributed by atoms with van der Waals surface area (Å²) in [6, 6.07) is 0. The van der Waals surface area contributed by atoms with E-state index in [1.807, 2.05) is 14.8 Å². The molecular formula is C6H11BS. The van der Waals surface area contributed by atoms with Crippen molar-refractivity contribution in [2.24, 2.45) is 0 Å². The van der Waals surface area contributed by atoms with E-state index in [0.29, 0.717) is 0 Å². The molecule has 44 valence electrons. The number of thioether (sulfide) groups is 1. The van der Waals surface area contributed by atoms with Crippen molar-refractivity contribution in [1.29, 1.82) is 0 Å². The molecule has 0 saturated heterocycles. The lowest BCUT2D eigenvalue weighted by Gasteiger charge is -1.95. The van der Waals surface area contributed by atoms with Crippen molar-refractivity contribution in [3.63, 3.8) is 0 Å². The molecule has 0 aliphatic carbocycles. The van der Waals surface area contributed by atoms with Gasteiger partial charge in [0.05, 0.1) is 0 Å². The van der Waals surface area contributed by atoms with Gasteiger partial charge in [-0.2, -0.15) is 0 Å². The van der Waals surface area contributed by atoms with Crippen LogP contribution in [0.3, 0.4) is 0 Å². The Hall–Kier alpha value is -0.105. The Bertz CT molecular complexity index is 116. The van der Waals surface area contributed by atoms with Crippen LogP contribution in [-0.2, 0) is 0 Å². The Morgan fingerprint density at radius 1 is 1.75 bits per heavy atom. The number of hydrogen-bond acceptors (Lipinski definition) is 1. The lowest BCUT2D eigenvalue weighted by atomic mass is 10.2. The van der Waals surface area contributed by atoms with E-state index in [1.165, 1.54) is 4.91 Å². The van der Waals surface area contributed by atoms with Gasteiger partial charge in [-0.05, 0) is 18.8 Å². The third-order valence-corrected chi connectivity index (χ3v) is 1.65. The van der Waals surface area contributed by atoms with Gasteiger partial charge in [0.25, 0.3) is 0 Å². The molecule has 0 rings (SSSR count). The Morgan fingerprint density at radius 2 is 2.25 bits per heavy atom. The molecule has 0 aromatic carbocycles. The van der Waals surface area contributed by atoms with Crippen molar-refractivity contribution >= 4 is 19.6 Å². The van der Waals surface area contributed by atoms with Crippen LogP contribution in [0, 0.1) is 0 Å². The fourth-order valence-corrected chi connectivity index (χ4v) is 1.00. The molecule has 0 amide bonds. The summed E-state index contributed by atoms with van der Waals surface area (Å²) in [5.41, 5.74) is 0. The zero-order valence-electron chi connectivity index (χ0n) is 5.69. The number of rotatable bonds is 2. The summed E-state index contributed by atoms with van der Waals surface area (Å²) in [5.74, 6) is 0. The first-order valence-electron chi connectivity index (χ1n) is 2.63. The molecule has 0 bridgehead atoms. The van der Waals surface area contributed by atoms with Crippen LogP contribution < -0.4 is 0 Å². The van der Waals surface area contributed by atoms with Gasteiger partial charge in [-0.1, -0.05) is 17.5 Å². The Kier molecular flexibility index (Phi) is 3.79. The summed E-state index contributed by atoms with van der Waals surface area (Å²) in [6.07, 6.45) is 2.08. The molecule has 0 nitrogen and oxygen atoms in total. The molecule has 0 N–H and O–H groups in total. The molecule has 0 spiro atoms. The summed E-state index contributed by atoms with van der Waals surface area (Å²) in [5, 5.41) is 0. The topological polar surface area (TPSA) is 0 Å². The van der Waals surface area contributed by atoms with E-state index in [4.69, 9.17) is 0 Å². The van der Waals surface area contributed by atoms with Gasteiger partial charge in [0, 0.05) is 0 Å². The Balaban J connectivity index is 3.56. The third kappa shape index (κ3) is 4.06. The predicted molar refractivity (Wildman–Crippen MR) is 44.7 cm³/mol. The molecule has 8 heavy (non-hydrogen) atoms. The van der Waals surface area contributed by atoms with Crippen molar-refractivity contribution in [2.45, 2.75) is 13.8 Å². The maximum Gasteiger partial charge on any atom is 0.147 e. The standard InChI is InChI=1S/C6H11BS/c1-4-5(2)8-6(3)7/h4H,3,7H2,1-2H3/b5-4-. The molecule has 0 radical (unpaired) electrons. The molecular weight excluding hydrogens is 115 g/mol. The van der Waals surface area contributed by atoms with Crippen LogP contribution in [-0.4, -0.2) is 7.85 Å². The van der Waals surface area contributed by atoms with E-state index < -0.39 is 0 Å². The third-order valence-electron chi connectivity index (χ3n) is 0.742. The molecule has 2 heteroatoms. The van der Waals surface area contributed by atoms with Crippen LogP contribution in [0.4, 0.5) is 0 Å². The molecule has 0 fully saturated rings. The molecule has 0 saturated carbocycles. The second-order valence-electron chi connectivity index (χ2n) is 1.70. The minimum absolute atomic E-state index is 1.15. The van der Waals surface area contributed by atoms with Crippen molar-refractivity contribution in [1.82, 2.24) is 0 Å². The first kappa shape index (κ1) is 7.89. The quantitative estimate of drug-likeness (QED) is 0.508. The highest BCUT2D eigenvalue weighted by Gasteiger charge is 1.85. The maximum atomic E-state index is 3.77. The van der Waals surface area contributed by atoms with Crippen LogP contribution in [0.25, 0.3) is 0 Å². The van der Waals surface area contributed by atoms with Gasteiger partial charge in [-0.3, -0.25) is 0 Å². The predicted octanol–water partition coefficient (Wildman–Crippen LogP) is 1.75. The molecule has 0 atom stereocenters. The van der Waals surface area contributed by atoms with Gasteiger partial charge in [-0.25, -0.2) is 0 Å². The minimum Gasteiger partial charge on any atom is -0.111 e. The fourth-order valence-electron chi connectivity index (χ4n) is 0.334. The first-order valence-corrected chi connectivity index (χ1v) is 3.44. The van der Waals surface area contributed by atoms with Crippen molar-refractivity contribution in [3.8, 4) is 0 Å². The van der Waals surface area contributed by atoms with Crippen LogP contribution in [0.5, 0.6) is 0 Å². The van der Waals surface area contributed by atoms with Crippen LogP contribution >= 0.6 is 11.8 Å². The Labute approximate surface area is 56.5 Å². The van der Waals surface area contributed by atoms with Gasteiger partial charge < -0.3 is 0 Å². The molecule has 0 unspecified atom stereocenters. The molecule has 0 aliphatic heterocycles. The fraction of sp³-hybridized carbons (Fsp3) is 0.333. The average molecular weight is 126 g/mol. The monoisotopic (exact) mass is 126 g/mol. The van der Waals surface area contributed by atoms with Crippen molar-refractivity contribution in [2.75, 3.05) is 0 Å². The molecule has 0 heterocycles. The van der Waals surface area contributed by atoms with Gasteiger partial charge in [0.2, 0.25) is 0 Å². The normalized spacial score (nSPS) is 11.5. The van der Waals surface area contributed by atoms with Crippen molar-refractivity contribution < 1.29 is 0 Å². The van der Waals surface area contributed by atoms with Crippen LogP contribution in [0.15, 0.2) is 22.4 Å². The summed E-state index contributed by atoms with van der Waals surface area (Å²) < 4.78 is 0. The second-order valence-corrected chi connectivity index (χ2v) is 3.25. The van der Waals surface area contributed by atoms with Crippen molar-refractivity contribution in [3.05, 3.63) is 22.4 Å². The van der Waals surface area contributed by atoms with Crippen LogP contribution in [0.1, 0.15) is 13.8 Å². The minimum atomic E-state index is 1.15. The number of allylic oxidation sites excluding steroid dienone is 2. The van der Waals surface area contributed by atoms with Gasteiger partial charge >= 0.3 is 0 Å². The molecule has 0 aromatic rings. The van der Waals surface area contributed by atoms with Gasteiger partial charge in [0.15, 0.2) is 0 Å². The largest absolute Gasteiger partial charge is 0.147 e. The highest BCUT2D eigenvalue weighted by atomic mass is 32.2. The number of hydrogen-bond donors (Lipinski definition) is 0. The highest BCUT2D eigenvalue weighted by Crippen LogP contribution is 2.19. The molecule has 0 aromatic heterocycles. The summed E-state index contributed by atoms with van der Waals surface area (Å²) in [4.78, 5) is 2.47. The van der Waals surface area contributed by atoms with E-state index in [0.717, 1.165) is 4.80 Å². The SMILES string of the molecule is BC(=C)S/C(C)=C\C. The van der Waals surface area contributed by atoms with E-state index in [2.05, 4.69) is 19.6 Å². The van der Waals surface area contributed by atoms with E-state index in [1.54, 1.807) is 11.8 Å². The van der Waals surface area contributed by atoms with Gasteiger partial charge in [-0.15, -0.1) is 11.8 Å². The lowest BCUT2D eigenvalue weighted by Crippen LogP contribution is -1.69. The average Bonchev–Trinajstić information content (AvgIpc) is 1.65. The zero-order chi connectivity index (χ0) is 6.57. The summed E-state index contributed by atoms with van der Waals surface area (Å²) in [6.45, 7) is 7.88. The maximum absolute atomic E-state index is 3.77.